The molecule has 0 bridgehead atoms. The molecule has 0 aliphatic carbocycles. The summed E-state index contributed by atoms with van der Waals surface area (Å²) in [6.07, 6.45) is -2.68. The third kappa shape index (κ3) is 5.62. The second-order valence-electron chi connectivity index (χ2n) is 9.04. The zero-order chi connectivity index (χ0) is 25.1. The van der Waals surface area contributed by atoms with Crippen LogP contribution in [0, 0.1) is 0 Å². The van der Waals surface area contributed by atoms with Crippen LogP contribution in [0.2, 0.25) is 5.02 Å². The maximum absolute atomic E-state index is 13.2. The van der Waals surface area contributed by atoms with Gasteiger partial charge in [-0.05, 0) is 61.1 Å². The Morgan fingerprint density at radius 3 is 2.63 bits per heavy atom. The second-order valence-corrected chi connectivity index (χ2v) is 9.44. The van der Waals surface area contributed by atoms with Crippen LogP contribution in [0.25, 0.3) is 0 Å². The molecule has 2 aliphatic heterocycles. The summed E-state index contributed by atoms with van der Waals surface area (Å²) in [6.45, 7) is 2.88. The molecule has 0 aromatic heterocycles. The summed E-state index contributed by atoms with van der Waals surface area (Å²) >= 11 is 6.47. The highest BCUT2D eigenvalue weighted by molar-refractivity contribution is 6.31. The fourth-order valence-corrected chi connectivity index (χ4v) is 4.99. The number of nitrogens with two attached hydrogens (primary N) is 1. The minimum absolute atomic E-state index is 0.119. The first-order valence-electron chi connectivity index (χ1n) is 11.9. The predicted octanol–water partition coefficient (Wildman–Crippen LogP) is 2.36. The summed E-state index contributed by atoms with van der Waals surface area (Å²) in [4.78, 5) is 26.3. The number of hydrogen-bond donors (Lipinski definition) is 3. The molecule has 2 fully saturated rings. The van der Waals surface area contributed by atoms with Crippen molar-refractivity contribution in [1.29, 1.82) is 0 Å². The van der Waals surface area contributed by atoms with E-state index in [9.17, 15) is 19.8 Å². The third-order valence-corrected chi connectivity index (χ3v) is 7.02. The first-order valence-corrected chi connectivity index (χ1v) is 12.3. The van der Waals surface area contributed by atoms with Crippen LogP contribution >= 0.6 is 11.6 Å². The van der Waals surface area contributed by atoms with E-state index in [1.807, 2.05) is 37.3 Å². The van der Waals surface area contributed by atoms with Crippen molar-refractivity contribution < 1.29 is 29.3 Å². The standard InChI is InChI=1S/C26H31ClN2O6/c1-2-34-18-8-5-15(6-9-18)12-17-13-16(7-10-19(17)27)22-14-21(30)23(31)24(35-22)26(33)29-11-3-4-20(29)25(28)32/h5-10,13,20-24,30-31H,2-4,11-12,14H2,1H3,(H2,28,32)/t20-,21+,22+,23-,24-/m0/s1. The van der Waals surface area contributed by atoms with E-state index in [2.05, 4.69) is 0 Å². The monoisotopic (exact) mass is 502 g/mol. The van der Waals surface area contributed by atoms with Gasteiger partial charge in [0.15, 0.2) is 6.10 Å². The minimum atomic E-state index is -1.40. The molecule has 5 atom stereocenters. The van der Waals surface area contributed by atoms with Crippen molar-refractivity contribution in [3.05, 3.63) is 64.2 Å². The quantitative estimate of drug-likeness (QED) is 0.534. The molecular formula is C26H31ClN2O6. The zero-order valence-corrected chi connectivity index (χ0v) is 20.4. The maximum atomic E-state index is 13.2. The van der Waals surface area contributed by atoms with Crippen LogP contribution in [0.4, 0.5) is 0 Å². The zero-order valence-electron chi connectivity index (χ0n) is 19.6. The Morgan fingerprint density at radius 2 is 1.94 bits per heavy atom. The molecule has 9 heteroatoms. The minimum Gasteiger partial charge on any atom is -0.494 e. The van der Waals surface area contributed by atoms with Gasteiger partial charge >= 0.3 is 0 Å². The molecule has 0 spiro atoms. The van der Waals surface area contributed by atoms with Crippen molar-refractivity contribution in [2.75, 3.05) is 13.2 Å². The number of aliphatic hydroxyl groups excluding tert-OH is 2. The van der Waals surface area contributed by atoms with Crippen molar-refractivity contribution in [2.45, 2.75) is 63.1 Å². The van der Waals surface area contributed by atoms with Crippen molar-refractivity contribution in [3.63, 3.8) is 0 Å². The molecule has 2 saturated heterocycles. The Balaban J connectivity index is 1.53. The molecule has 4 rings (SSSR count). The van der Waals surface area contributed by atoms with E-state index in [0.29, 0.717) is 37.4 Å². The van der Waals surface area contributed by atoms with Gasteiger partial charge in [0.2, 0.25) is 5.91 Å². The van der Waals surface area contributed by atoms with Crippen LogP contribution in [0.15, 0.2) is 42.5 Å². The lowest BCUT2D eigenvalue weighted by Gasteiger charge is -2.39. The van der Waals surface area contributed by atoms with Crippen LogP contribution in [0.1, 0.15) is 49.0 Å². The molecule has 2 aromatic rings. The van der Waals surface area contributed by atoms with Crippen molar-refractivity contribution in [2.24, 2.45) is 5.73 Å². The van der Waals surface area contributed by atoms with E-state index >= 15 is 0 Å². The number of rotatable bonds is 7. The smallest absolute Gasteiger partial charge is 0.255 e. The van der Waals surface area contributed by atoms with Gasteiger partial charge in [-0.25, -0.2) is 0 Å². The van der Waals surface area contributed by atoms with Crippen LogP contribution in [0.3, 0.4) is 0 Å². The molecule has 0 unspecified atom stereocenters. The fourth-order valence-electron chi connectivity index (χ4n) is 4.80. The van der Waals surface area contributed by atoms with Gasteiger partial charge in [-0.15, -0.1) is 0 Å². The van der Waals surface area contributed by atoms with Crippen molar-refractivity contribution >= 4 is 23.4 Å². The van der Waals surface area contributed by atoms with Gasteiger partial charge < -0.3 is 30.3 Å². The molecule has 35 heavy (non-hydrogen) atoms. The number of primary amides is 1. The molecule has 2 aliphatic rings. The summed E-state index contributed by atoms with van der Waals surface area (Å²) in [5.41, 5.74) is 8.11. The molecule has 2 amide bonds. The lowest BCUT2D eigenvalue weighted by Crippen LogP contribution is -2.56. The number of likely N-dealkylation sites (tertiary alicyclic amines) is 1. The number of ether oxygens (including phenoxy) is 2. The average Bonchev–Trinajstić information content (AvgIpc) is 3.34. The summed E-state index contributed by atoms with van der Waals surface area (Å²) in [5.74, 6) is -0.326. The van der Waals surface area contributed by atoms with Crippen LogP contribution in [0.5, 0.6) is 5.75 Å². The van der Waals surface area contributed by atoms with Crippen LogP contribution in [-0.4, -0.2) is 64.4 Å². The number of carbonyl (C=O) groups excluding carboxylic acids is 2. The normalized spacial score (nSPS) is 26.5. The molecule has 0 radical (unpaired) electrons. The van der Waals surface area contributed by atoms with E-state index in [-0.39, 0.29) is 6.42 Å². The number of aliphatic hydroxyl groups is 2. The summed E-state index contributed by atoms with van der Waals surface area (Å²) in [6, 6.07) is 12.5. The highest BCUT2D eigenvalue weighted by Gasteiger charge is 2.45. The van der Waals surface area contributed by atoms with Crippen LogP contribution in [-0.2, 0) is 20.7 Å². The average molecular weight is 503 g/mol. The Hall–Kier alpha value is -2.65. The number of nitrogens with zero attached hydrogens (tertiary/aromatic N) is 1. The lowest BCUT2D eigenvalue weighted by molar-refractivity contribution is -0.190. The van der Waals surface area contributed by atoms with E-state index < -0.39 is 42.3 Å². The van der Waals surface area contributed by atoms with Gasteiger partial charge in [0.05, 0.1) is 18.8 Å². The van der Waals surface area contributed by atoms with Gasteiger partial charge in [-0.2, -0.15) is 0 Å². The molecule has 2 aromatic carbocycles. The molecular weight excluding hydrogens is 472 g/mol. The topological polar surface area (TPSA) is 122 Å². The SMILES string of the molecule is CCOc1ccc(Cc2cc([C@H]3C[C@@H](O)[C@H](O)[C@@H](C(=O)N4CCC[C@H]4C(N)=O)O3)ccc2Cl)cc1. The first-order chi connectivity index (χ1) is 16.8. The van der Waals surface area contributed by atoms with Crippen LogP contribution < -0.4 is 10.5 Å². The predicted molar refractivity (Wildman–Crippen MR) is 130 cm³/mol. The summed E-state index contributed by atoms with van der Waals surface area (Å²) in [7, 11) is 0. The van der Waals surface area contributed by atoms with Gasteiger partial charge in [-0.1, -0.05) is 35.9 Å². The highest BCUT2D eigenvalue weighted by atomic mass is 35.5. The van der Waals surface area contributed by atoms with Gasteiger partial charge in [0.25, 0.3) is 5.91 Å². The Labute approximate surface area is 209 Å². The van der Waals surface area contributed by atoms with Gasteiger partial charge in [-0.3, -0.25) is 9.59 Å². The fraction of sp³-hybridized carbons (Fsp3) is 0.462. The summed E-state index contributed by atoms with van der Waals surface area (Å²) in [5, 5.41) is 21.7. The number of carbonyl (C=O) groups is 2. The summed E-state index contributed by atoms with van der Waals surface area (Å²) < 4.78 is 11.5. The Morgan fingerprint density at radius 1 is 1.20 bits per heavy atom. The maximum Gasteiger partial charge on any atom is 0.255 e. The second kappa shape index (κ2) is 11.0. The Kier molecular flexibility index (Phi) is 7.96. The van der Waals surface area contributed by atoms with Crippen molar-refractivity contribution in [1.82, 2.24) is 4.90 Å². The molecule has 4 N–H and O–H groups in total. The van der Waals surface area contributed by atoms with E-state index in [1.54, 1.807) is 12.1 Å². The number of amides is 2. The molecule has 0 saturated carbocycles. The van der Waals surface area contributed by atoms with E-state index in [4.69, 9.17) is 26.8 Å². The lowest BCUT2D eigenvalue weighted by atomic mass is 9.91. The number of benzene rings is 2. The third-order valence-electron chi connectivity index (χ3n) is 6.65. The van der Waals surface area contributed by atoms with E-state index in [1.165, 1.54) is 4.90 Å². The number of hydrogen-bond acceptors (Lipinski definition) is 6. The van der Waals surface area contributed by atoms with E-state index in [0.717, 1.165) is 22.4 Å². The highest BCUT2D eigenvalue weighted by Crippen LogP contribution is 2.35. The van der Waals surface area contributed by atoms with Crippen molar-refractivity contribution in [3.8, 4) is 5.75 Å². The molecule has 188 valence electrons. The van der Waals surface area contributed by atoms with Gasteiger partial charge in [0.1, 0.15) is 17.9 Å². The molecule has 8 nitrogen and oxygen atoms in total. The first kappa shape index (κ1) is 25.4. The molecule has 2 heterocycles. The Bertz CT molecular complexity index is 1060. The van der Waals surface area contributed by atoms with Gasteiger partial charge in [0, 0.05) is 18.0 Å². The number of halogens is 1. The largest absolute Gasteiger partial charge is 0.494 e.